The van der Waals surface area contributed by atoms with E-state index in [1.54, 1.807) is 50.6 Å². The van der Waals surface area contributed by atoms with E-state index in [0.29, 0.717) is 31.0 Å². The number of halogens is 1. The lowest BCUT2D eigenvalue weighted by Crippen LogP contribution is -2.60. The van der Waals surface area contributed by atoms with E-state index in [0.717, 1.165) is 16.5 Å². The summed E-state index contributed by atoms with van der Waals surface area (Å²) in [5.74, 6) is -0.182. The minimum atomic E-state index is -3.85. The Morgan fingerprint density at radius 2 is 1.69 bits per heavy atom. The van der Waals surface area contributed by atoms with Crippen LogP contribution in [0.2, 0.25) is 5.02 Å². The van der Waals surface area contributed by atoms with Gasteiger partial charge in [0.2, 0.25) is 15.7 Å². The van der Waals surface area contributed by atoms with E-state index in [1.165, 1.54) is 4.90 Å². The molecule has 1 aliphatic rings. The first-order chi connectivity index (χ1) is 15.3. The zero-order valence-corrected chi connectivity index (χ0v) is 19.7. The summed E-state index contributed by atoms with van der Waals surface area (Å²) in [6, 6.07) is 14.3. The second-order valence-corrected chi connectivity index (χ2v) is 10.8. The van der Waals surface area contributed by atoms with Crippen molar-refractivity contribution in [3.63, 3.8) is 0 Å². The number of aromatic nitrogens is 1. The average Bonchev–Trinajstić information content (AvgIpc) is 2.83. The molecule has 8 heteroatoms. The SMILES string of the molecule is CCC(=O)N(C)C1(S(=O)(=O)c2ccc3cc(Cl)ccc3c2)CCN(c2ccncc2)CC1. The third-order valence-corrected chi connectivity index (χ3v) is 9.24. The topological polar surface area (TPSA) is 70.6 Å². The van der Waals surface area contributed by atoms with E-state index in [4.69, 9.17) is 11.6 Å². The fourth-order valence-corrected chi connectivity index (χ4v) is 6.83. The van der Waals surface area contributed by atoms with E-state index in [9.17, 15) is 13.2 Å². The van der Waals surface area contributed by atoms with Crippen molar-refractivity contribution in [1.82, 2.24) is 9.88 Å². The lowest BCUT2D eigenvalue weighted by molar-refractivity contribution is -0.133. The van der Waals surface area contributed by atoms with Crippen LogP contribution in [0.5, 0.6) is 0 Å². The van der Waals surface area contributed by atoms with Gasteiger partial charge in [-0.1, -0.05) is 30.7 Å². The number of carbonyl (C=O) groups excluding carboxylic acids is 1. The predicted molar refractivity (Wildman–Crippen MR) is 128 cm³/mol. The predicted octanol–water partition coefficient (Wildman–Crippen LogP) is 4.53. The zero-order chi connectivity index (χ0) is 22.9. The summed E-state index contributed by atoms with van der Waals surface area (Å²) in [5.41, 5.74) is 0.998. The maximum atomic E-state index is 14.1. The highest BCUT2D eigenvalue weighted by Crippen LogP contribution is 2.40. The van der Waals surface area contributed by atoms with Gasteiger partial charge in [0.25, 0.3) is 0 Å². The number of amides is 1. The van der Waals surface area contributed by atoms with Crippen LogP contribution in [0.15, 0.2) is 65.8 Å². The Morgan fingerprint density at radius 1 is 1.06 bits per heavy atom. The Morgan fingerprint density at radius 3 is 2.34 bits per heavy atom. The number of nitrogens with zero attached hydrogens (tertiary/aromatic N) is 3. The van der Waals surface area contributed by atoms with Crippen LogP contribution in [0.3, 0.4) is 0 Å². The first-order valence-corrected chi connectivity index (χ1v) is 12.5. The van der Waals surface area contributed by atoms with Gasteiger partial charge in [0.15, 0.2) is 4.87 Å². The van der Waals surface area contributed by atoms with Gasteiger partial charge in [0.05, 0.1) is 4.90 Å². The van der Waals surface area contributed by atoms with Crippen molar-refractivity contribution >= 4 is 43.8 Å². The number of rotatable bonds is 5. The minimum Gasteiger partial charge on any atom is -0.371 e. The number of carbonyl (C=O) groups is 1. The fraction of sp³-hybridized carbons (Fsp3) is 0.333. The van der Waals surface area contributed by atoms with Gasteiger partial charge in [0, 0.05) is 62.5 Å². The van der Waals surface area contributed by atoms with Gasteiger partial charge in [-0.15, -0.1) is 0 Å². The number of anilines is 1. The highest BCUT2D eigenvalue weighted by Gasteiger charge is 2.51. The van der Waals surface area contributed by atoms with Crippen LogP contribution in [0.1, 0.15) is 26.2 Å². The lowest BCUT2D eigenvalue weighted by atomic mass is 10.0. The number of benzene rings is 2. The maximum absolute atomic E-state index is 14.1. The Hall–Kier alpha value is -2.64. The molecule has 1 amide bonds. The molecule has 1 fully saturated rings. The molecule has 0 radical (unpaired) electrons. The molecule has 3 aromatic rings. The van der Waals surface area contributed by atoms with Crippen molar-refractivity contribution in [2.45, 2.75) is 36.0 Å². The van der Waals surface area contributed by atoms with Crippen LogP contribution < -0.4 is 4.90 Å². The molecule has 1 aromatic heterocycles. The molecule has 6 nitrogen and oxygen atoms in total. The van der Waals surface area contributed by atoms with E-state index >= 15 is 0 Å². The normalized spacial score (nSPS) is 16.2. The van der Waals surface area contributed by atoms with Crippen molar-refractivity contribution in [1.29, 1.82) is 0 Å². The molecule has 2 heterocycles. The molecule has 0 bridgehead atoms. The van der Waals surface area contributed by atoms with E-state index in [-0.39, 0.29) is 17.2 Å². The second kappa shape index (κ2) is 8.71. The van der Waals surface area contributed by atoms with E-state index < -0.39 is 14.7 Å². The van der Waals surface area contributed by atoms with Gasteiger partial charge >= 0.3 is 0 Å². The Kier molecular flexibility index (Phi) is 6.14. The largest absolute Gasteiger partial charge is 0.371 e. The van der Waals surface area contributed by atoms with Gasteiger partial charge in [-0.3, -0.25) is 9.78 Å². The van der Waals surface area contributed by atoms with Gasteiger partial charge in [-0.2, -0.15) is 0 Å². The minimum absolute atomic E-state index is 0.182. The molecule has 1 aliphatic heterocycles. The van der Waals surface area contributed by atoms with E-state index in [1.807, 2.05) is 24.3 Å². The van der Waals surface area contributed by atoms with Gasteiger partial charge in [-0.05, 0) is 47.2 Å². The Bertz CT molecular complexity index is 1240. The summed E-state index contributed by atoms with van der Waals surface area (Å²) in [7, 11) is -2.23. The first kappa shape index (κ1) is 22.6. The summed E-state index contributed by atoms with van der Waals surface area (Å²) in [6.07, 6.45) is 4.33. The number of hydrogen-bond donors (Lipinski definition) is 0. The van der Waals surface area contributed by atoms with Crippen LogP contribution in [-0.2, 0) is 14.6 Å². The molecular weight excluding hydrogens is 446 g/mol. The molecule has 0 aliphatic carbocycles. The number of piperidine rings is 1. The number of fused-ring (bicyclic) bond motifs is 1. The molecular formula is C24H26ClN3O3S. The molecule has 0 N–H and O–H groups in total. The van der Waals surface area contributed by atoms with Crippen LogP contribution in [0.25, 0.3) is 10.8 Å². The molecule has 0 spiro atoms. The number of pyridine rings is 1. The fourth-order valence-electron chi connectivity index (χ4n) is 4.50. The average molecular weight is 472 g/mol. The summed E-state index contributed by atoms with van der Waals surface area (Å²) in [6.45, 7) is 2.80. The molecule has 4 rings (SSSR count). The van der Waals surface area contributed by atoms with Crippen molar-refractivity contribution in [2.75, 3.05) is 25.0 Å². The standard InChI is InChI=1S/C24H26ClN3O3S/c1-3-23(29)27(2)24(10-14-28(15-11-24)21-8-12-26-13-9-21)32(30,31)22-7-5-18-16-20(25)6-4-19(18)17-22/h4-9,12-13,16-17H,3,10-11,14-15H2,1-2H3. The van der Waals surface area contributed by atoms with Gasteiger partial charge < -0.3 is 9.80 Å². The molecule has 1 saturated heterocycles. The molecule has 32 heavy (non-hydrogen) atoms. The van der Waals surface area contributed by atoms with Crippen molar-refractivity contribution in [3.8, 4) is 0 Å². The van der Waals surface area contributed by atoms with Crippen LogP contribution in [-0.4, -0.2) is 49.2 Å². The van der Waals surface area contributed by atoms with Crippen LogP contribution >= 0.6 is 11.6 Å². The summed E-state index contributed by atoms with van der Waals surface area (Å²) in [5, 5.41) is 2.27. The lowest BCUT2D eigenvalue weighted by Gasteiger charge is -2.47. The van der Waals surface area contributed by atoms with Crippen molar-refractivity contribution < 1.29 is 13.2 Å². The molecule has 0 saturated carbocycles. The van der Waals surface area contributed by atoms with Crippen LogP contribution in [0, 0.1) is 0 Å². The third-order valence-electron chi connectivity index (χ3n) is 6.44. The van der Waals surface area contributed by atoms with E-state index in [2.05, 4.69) is 9.88 Å². The quantitative estimate of drug-likeness (QED) is 0.546. The first-order valence-electron chi connectivity index (χ1n) is 10.6. The molecule has 2 aromatic carbocycles. The van der Waals surface area contributed by atoms with Crippen LogP contribution in [0.4, 0.5) is 5.69 Å². The zero-order valence-electron chi connectivity index (χ0n) is 18.2. The molecule has 0 unspecified atom stereocenters. The smallest absolute Gasteiger partial charge is 0.223 e. The maximum Gasteiger partial charge on any atom is 0.223 e. The van der Waals surface area contributed by atoms with Crippen molar-refractivity contribution in [2.24, 2.45) is 0 Å². The van der Waals surface area contributed by atoms with Gasteiger partial charge in [-0.25, -0.2) is 8.42 Å². The number of sulfone groups is 1. The molecule has 0 atom stereocenters. The van der Waals surface area contributed by atoms with Gasteiger partial charge in [0.1, 0.15) is 0 Å². The molecule has 168 valence electrons. The highest BCUT2D eigenvalue weighted by molar-refractivity contribution is 7.92. The summed E-state index contributed by atoms with van der Waals surface area (Å²) < 4.78 is 28.2. The summed E-state index contributed by atoms with van der Waals surface area (Å²) in [4.78, 5) is 19.3. The summed E-state index contributed by atoms with van der Waals surface area (Å²) >= 11 is 6.08. The third kappa shape index (κ3) is 3.84. The number of hydrogen-bond acceptors (Lipinski definition) is 5. The van der Waals surface area contributed by atoms with Crippen molar-refractivity contribution in [3.05, 3.63) is 65.9 Å². The monoisotopic (exact) mass is 471 g/mol. The Balaban J connectivity index is 1.75. The second-order valence-electron chi connectivity index (χ2n) is 8.10. The highest BCUT2D eigenvalue weighted by atomic mass is 35.5. The Labute approximate surface area is 193 Å².